The fourth-order valence-corrected chi connectivity index (χ4v) is 2.79. The van der Waals surface area contributed by atoms with Gasteiger partial charge in [-0.25, -0.2) is 4.98 Å². The molecule has 1 aliphatic carbocycles. The van der Waals surface area contributed by atoms with E-state index in [0.29, 0.717) is 0 Å². The maximum Gasteiger partial charge on any atom is 0.166 e. The van der Waals surface area contributed by atoms with Gasteiger partial charge < -0.3 is 10.7 Å². The number of nitrogens with zero attached hydrogens (tertiary/aromatic N) is 1. The van der Waals surface area contributed by atoms with Crippen LogP contribution >= 0.6 is 11.8 Å². The average molecular weight is 233 g/mol. The minimum atomic E-state index is 0.783. The Morgan fingerprint density at radius 1 is 1.44 bits per heavy atom. The first-order chi connectivity index (χ1) is 7.81. The van der Waals surface area contributed by atoms with E-state index in [0.717, 1.165) is 27.8 Å². The number of rotatable bonds is 4. The number of fused-ring (bicyclic) bond motifs is 1. The van der Waals surface area contributed by atoms with Gasteiger partial charge >= 0.3 is 0 Å². The molecule has 3 N–H and O–H groups in total. The summed E-state index contributed by atoms with van der Waals surface area (Å²) in [7, 11) is 0. The lowest BCUT2D eigenvalue weighted by atomic mass is 10.3. The van der Waals surface area contributed by atoms with Crippen molar-refractivity contribution in [1.82, 2.24) is 9.97 Å². The van der Waals surface area contributed by atoms with Crippen molar-refractivity contribution < 1.29 is 0 Å². The molecule has 1 saturated carbocycles. The predicted octanol–water partition coefficient (Wildman–Crippen LogP) is 3.04. The molecule has 2 aromatic rings. The van der Waals surface area contributed by atoms with Crippen molar-refractivity contribution in [1.29, 1.82) is 0 Å². The molecule has 1 heterocycles. The second kappa shape index (κ2) is 4.01. The third kappa shape index (κ3) is 2.16. The maximum atomic E-state index is 5.73. The van der Waals surface area contributed by atoms with E-state index in [1.54, 1.807) is 0 Å². The molecule has 0 bridgehead atoms. The standard InChI is InChI=1S/C12H15N3S/c13-9-3-4-10-11(7-9)15-12(14-10)16-6-5-8-1-2-8/h3-4,7-8H,1-2,5-6,13H2,(H,14,15). The summed E-state index contributed by atoms with van der Waals surface area (Å²) in [6, 6.07) is 5.79. The van der Waals surface area contributed by atoms with Crippen molar-refractivity contribution in [3.05, 3.63) is 18.2 Å². The van der Waals surface area contributed by atoms with Gasteiger partial charge in [0.25, 0.3) is 0 Å². The van der Waals surface area contributed by atoms with Crippen LogP contribution in [0.25, 0.3) is 11.0 Å². The smallest absolute Gasteiger partial charge is 0.166 e. The number of aromatic amines is 1. The van der Waals surface area contributed by atoms with Crippen molar-refractivity contribution in [2.45, 2.75) is 24.4 Å². The number of imidazole rings is 1. The number of benzene rings is 1. The number of H-pyrrole nitrogens is 1. The normalized spacial score (nSPS) is 15.8. The number of nitrogen functional groups attached to an aromatic ring is 1. The van der Waals surface area contributed by atoms with Gasteiger partial charge in [-0.1, -0.05) is 24.6 Å². The van der Waals surface area contributed by atoms with E-state index in [4.69, 9.17) is 5.73 Å². The third-order valence-corrected chi connectivity index (χ3v) is 3.85. The van der Waals surface area contributed by atoms with E-state index in [2.05, 4.69) is 9.97 Å². The first kappa shape index (κ1) is 10.0. The van der Waals surface area contributed by atoms with Crippen LogP contribution in [0.1, 0.15) is 19.3 Å². The Morgan fingerprint density at radius 3 is 3.12 bits per heavy atom. The lowest BCUT2D eigenvalue weighted by Crippen LogP contribution is -1.83. The van der Waals surface area contributed by atoms with E-state index in [-0.39, 0.29) is 0 Å². The van der Waals surface area contributed by atoms with E-state index < -0.39 is 0 Å². The van der Waals surface area contributed by atoms with Crippen LogP contribution in [0.4, 0.5) is 5.69 Å². The molecule has 0 saturated heterocycles. The van der Waals surface area contributed by atoms with E-state index in [1.807, 2.05) is 30.0 Å². The molecule has 0 spiro atoms. The second-order valence-corrected chi connectivity index (χ2v) is 5.48. The predicted molar refractivity (Wildman–Crippen MR) is 68.6 cm³/mol. The van der Waals surface area contributed by atoms with Gasteiger partial charge in [-0.15, -0.1) is 0 Å². The average Bonchev–Trinajstić information content (AvgIpc) is 2.98. The van der Waals surface area contributed by atoms with Gasteiger partial charge in [0, 0.05) is 11.4 Å². The fourth-order valence-electron chi connectivity index (χ4n) is 1.80. The Kier molecular flexibility index (Phi) is 2.52. The Bertz CT molecular complexity index is 502. The molecule has 1 fully saturated rings. The largest absolute Gasteiger partial charge is 0.399 e. The molecule has 1 aliphatic rings. The minimum Gasteiger partial charge on any atom is -0.399 e. The maximum absolute atomic E-state index is 5.73. The van der Waals surface area contributed by atoms with Crippen molar-refractivity contribution in [2.75, 3.05) is 11.5 Å². The highest BCUT2D eigenvalue weighted by Gasteiger charge is 2.20. The van der Waals surface area contributed by atoms with Gasteiger partial charge in [0.15, 0.2) is 5.16 Å². The number of aromatic nitrogens is 2. The molecule has 84 valence electrons. The van der Waals surface area contributed by atoms with Crippen LogP contribution in [0, 0.1) is 5.92 Å². The Morgan fingerprint density at radius 2 is 2.31 bits per heavy atom. The van der Waals surface area contributed by atoms with Gasteiger partial charge in [0.1, 0.15) is 0 Å². The summed E-state index contributed by atoms with van der Waals surface area (Å²) in [4.78, 5) is 7.83. The number of thioether (sulfide) groups is 1. The first-order valence-electron chi connectivity index (χ1n) is 5.69. The zero-order valence-electron chi connectivity index (χ0n) is 9.07. The van der Waals surface area contributed by atoms with Crippen LogP contribution in [0.3, 0.4) is 0 Å². The Labute approximate surface area is 98.8 Å². The molecule has 3 nitrogen and oxygen atoms in total. The van der Waals surface area contributed by atoms with E-state index in [9.17, 15) is 0 Å². The van der Waals surface area contributed by atoms with Crippen LogP contribution in [-0.2, 0) is 0 Å². The summed E-state index contributed by atoms with van der Waals surface area (Å²) in [6.07, 6.45) is 4.18. The number of nitrogens with two attached hydrogens (primary N) is 1. The van der Waals surface area contributed by atoms with E-state index >= 15 is 0 Å². The van der Waals surface area contributed by atoms with E-state index in [1.165, 1.54) is 25.0 Å². The molecular weight excluding hydrogens is 218 g/mol. The van der Waals surface area contributed by atoms with Crippen molar-refractivity contribution in [2.24, 2.45) is 5.92 Å². The number of nitrogens with one attached hydrogen (secondary N) is 1. The Hall–Kier alpha value is -1.16. The molecule has 3 rings (SSSR count). The van der Waals surface area contributed by atoms with Gasteiger partial charge in [-0.2, -0.15) is 0 Å². The molecule has 0 unspecified atom stereocenters. The summed E-state index contributed by atoms with van der Waals surface area (Å²) in [5.74, 6) is 2.16. The van der Waals surface area contributed by atoms with Gasteiger partial charge in [0.2, 0.25) is 0 Å². The lowest BCUT2D eigenvalue weighted by molar-refractivity contribution is 0.807. The quantitative estimate of drug-likeness (QED) is 0.630. The third-order valence-electron chi connectivity index (χ3n) is 2.95. The molecule has 16 heavy (non-hydrogen) atoms. The molecule has 4 heteroatoms. The summed E-state index contributed by atoms with van der Waals surface area (Å²) in [6.45, 7) is 0. The number of anilines is 1. The monoisotopic (exact) mass is 233 g/mol. The molecule has 0 radical (unpaired) electrons. The van der Waals surface area contributed by atoms with Gasteiger partial charge in [0.05, 0.1) is 11.0 Å². The summed E-state index contributed by atoms with van der Waals surface area (Å²) < 4.78 is 0. The molecule has 0 amide bonds. The number of hydrogen-bond donors (Lipinski definition) is 2. The number of hydrogen-bond acceptors (Lipinski definition) is 3. The highest BCUT2D eigenvalue weighted by molar-refractivity contribution is 7.99. The SMILES string of the molecule is Nc1ccc2nc(SCCC3CC3)[nH]c2c1. The summed E-state index contributed by atoms with van der Waals surface area (Å²) >= 11 is 1.81. The molecule has 1 aromatic carbocycles. The highest BCUT2D eigenvalue weighted by Crippen LogP contribution is 2.34. The van der Waals surface area contributed by atoms with Gasteiger partial charge in [-0.3, -0.25) is 0 Å². The molecular formula is C12H15N3S. The molecule has 0 atom stereocenters. The fraction of sp³-hybridized carbons (Fsp3) is 0.417. The molecule has 0 aliphatic heterocycles. The lowest BCUT2D eigenvalue weighted by Gasteiger charge is -1.94. The van der Waals surface area contributed by atoms with Crippen molar-refractivity contribution in [3.63, 3.8) is 0 Å². The van der Waals surface area contributed by atoms with Crippen LogP contribution in [0.15, 0.2) is 23.4 Å². The second-order valence-electron chi connectivity index (χ2n) is 4.40. The van der Waals surface area contributed by atoms with Crippen molar-refractivity contribution in [3.8, 4) is 0 Å². The molecule has 1 aromatic heterocycles. The zero-order valence-corrected chi connectivity index (χ0v) is 9.89. The highest BCUT2D eigenvalue weighted by atomic mass is 32.2. The Balaban J connectivity index is 1.71. The summed E-state index contributed by atoms with van der Waals surface area (Å²) in [5.41, 5.74) is 8.55. The minimum absolute atomic E-state index is 0.783. The van der Waals surface area contributed by atoms with Crippen LogP contribution in [0.2, 0.25) is 0 Å². The first-order valence-corrected chi connectivity index (χ1v) is 6.68. The van der Waals surface area contributed by atoms with Crippen LogP contribution in [0.5, 0.6) is 0 Å². The zero-order chi connectivity index (χ0) is 11.0. The van der Waals surface area contributed by atoms with Crippen molar-refractivity contribution >= 4 is 28.5 Å². The van der Waals surface area contributed by atoms with Crippen LogP contribution < -0.4 is 5.73 Å². The summed E-state index contributed by atoms with van der Waals surface area (Å²) in [5, 5.41) is 1.02. The van der Waals surface area contributed by atoms with Crippen LogP contribution in [-0.4, -0.2) is 15.7 Å². The van der Waals surface area contributed by atoms with Gasteiger partial charge in [-0.05, 0) is 30.5 Å². The topological polar surface area (TPSA) is 54.7 Å².